The molecule has 2 nitrogen and oxygen atoms in total. The van der Waals surface area contributed by atoms with Crippen molar-refractivity contribution in [3.05, 3.63) is 29.8 Å². The van der Waals surface area contributed by atoms with Gasteiger partial charge in [-0.15, -0.1) is 5.92 Å². The molecule has 0 aliphatic heterocycles. The molecule has 0 spiro atoms. The highest BCUT2D eigenvalue weighted by molar-refractivity contribution is 7.80. The maximum atomic E-state index is 11.5. The summed E-state index contributed by atoms with van der Waals surface area (Å²) in [7, 11) is 0. The summed E-state index contributed by atoms with van der Waals surface area (Å²) in [5.41, 5.74) is 1.14. The highest BCUT2D eigenvalue weighted by Gasteiger charge is 2.02. The van der Waals surface area contributed by atoms with Crippen molar-refractivity contribution in [3.8, 4) is 11.8 Å². The number of hydrogen-bond donors (Lipinski definition) is 0. The molecule has 0 aromatic heterocycles. The van der Waals surface area contributed by atoms with Gasteiger partial charge in [-0.05, 0) is 26.0 Å². The quantitative estimate of drug-likeness (QED) is 0.711. The van der Waals surface area contributed by atoms with Gasteiger partial charge in [-0.25, -0.2) is 4.21 Å². The van der Waals surface area contributed by atoms with Gasteiger partial charge in [-0.1, -0.05) is 23.6 Å². The second kappa shape index (κ2) is 5.58. The Hall–Kier alpha value is -1.11. The first-order valence-electron chi connectivity index (χ1n) is 4.25. The third-order valence-corrected chi connectivity index (χ3v) is 2.62. The summed E-state index contributed by atoms with van der Waals surface area (Å²) in [5.74, 6) is 5.37. The van der Waals surface area contributed by atoms with E-state index < -0.39 is 11.1 Å². The largest absolute Gasteiger partial charge is 0.274 e. The molecule has 1 atom stereocenters. The fourth-order valence-corrected chi connectivity index (χ4v) is 1.53. The molecule has 0 aliphatic carbocycles. The van der Waals surface area contributed by atoms with E-state index in [1.54, 1.807) is 19.1 Å². The molecule has 0 heterocycles. The number of hydrogen-bond acceptors (Lipinski definition) is 2. The molecule has 0 bridgehead atoms. The molecule has 0 N–H and O–H groups in total. The third-order valence-electron chi connectivity index (χ3n) is 1.63. The van der Waals surface area contributed by atoms with Gasteiger partial charge in [0.05, 0.1) is 4.90 Å². The van der Waals surface area contributed by atoms with E-state index in [4.69, 9.17) is 4.18 Å². The van der Waals surface area contributed by atoms with Crippen LogP contribution >= 0.6 is 0 Å². The third kappa shape index (κ3) is 3.33. The summed E-state index contributed by atoms with van der Waals surface area (Å²) in [5, 5.41) is 0. The smallest absolute Gasteiger partial charge is 0.190 e. The first-order valence-corrected chi connectivity index (χ1v) is 5.33. The summed E-state index contributed by atoms with van der Waals surface area (Å²) in [6.07, 6.45) is 0. The molecule has 0 unspecified atom stereocenters. The number of benzene rings is 1. The Bertz CT molecular complexity index is 371. The Labute approximate surface area is 87.0 Å². The lowest BCUT2D eigenvalue weighted by Crippen LogP contribution is -1.98. The van der Waals surface area contributed by atoms with Crippen LogP contribution < -0.4 is 0 Å². The van der Waals surface area contributed by atoms with Crippen LogP contribution in [0.5, 0.6) is 0 Å². The van der Waals surface area contributed by atoms with Crippen LogP contribution in [0.3, 0.4) is 0 Å². The zero-order chi connectivity index (χ0) is 10.4. The molecule has 1 aromatic rings. The topological polar surface area (TPSA) is 26.3 Å². The predicted molar refractivity (Wildman–Crippen MR) is 57.0 cm³/mol. The van der Waals surface area contributed by atoms with E-state index in [1.807, 2.05) is 19.1 Å². The zero-order valence-electron chi connectivity index (χ0n) is 8.24. The van der Waals surface area contributed by atoms with Crippen molar-refractivity contribution in [2.45, 2.75) is 18.7 Å². The minimum atomic E-state index is -1.40. The number of aryl methyl sites for hydroxylation is 1. The summed E-state index contributed by atoms with van der Waals surface area (Å²) in [6, 6.07) is 7.40. The van der Waals surface area contributed by atoms with Crippen LogP contribution in [0.2, 0.25) is 0 Å². The monoisotopic (exact) mass is 208 g/mol. The molecule has 0 amide bonds. The minimum absolute atomic E-state index is 0.205. The Morgan fingerprint density at radius 1 is 1.36 bits per heavy atom. The zero-order valence-corrected chi connectivity index (χ0v) is 9.06. The molecule has 74 valence electrons. The van der Waals surface area contributed by atoms with Gasteiger partial charge < -0.3 is 0 Å². The molecule has 0 saturated heterocycles. The lowest BCUT2D eigenvalue weighted by Gasteiger charge is -2.00. The second-order valence-corrected chi connectivity index (χ2v) is 3.91. The molecule has 0 fully saturated rings. The van der Waals surface area contributed by atoms with Gasteiger partial charge in [0.2, 0.25) is 0 Å². The molecule has 0 saturated carbocycles. The van der Waals surface area contributed by atoms with Gasteiger partial charge in [0.15, 0.2) is 11.1 Å². The standard InChI is InChI=1S/C11H12O2S/c1-3-4-9-13-14(12)11-7-5-10(2)6-8-11/h5-8H,9H2,1-2H3/t14-/m0/s1. The Morgan fingerprint density at radius 3 is 2.57 bits per heavy atom. The minimum Gasteiger partial charge on any atom is -0.274 e. The summed E-state index contributed by atoms with van der Waals surface area (Å²) in [6.45, 7) is 3.91. The highest BCUT2D eigenvalue weighted by atomic mass is 32.2. The molecular weight excluding hydrogens is 196 g/mol. The van der Waals surface area contributed by atoms with Crippen LogP contribution in [0, 0.1) is 18.8 Å². The van der Waals surface area contributed by atoms with E-state index in [2.05, 4.69) is 11.8 Å². The second-order valence-electron chi connectivity index (χ2n) is 2.74. The summed E-state index contributed by atoms with van der Waals surface area (Å²) in [4.78, 5) is 0.675. The van der Waals surface area contributed by atoms with Crippen LogP contribution in [-0.2, 0) is 15.3 Å². The van der Waals surface area contributed by atoms with E-state index in [-0.39, 0.29) is 6.61 Å². The lowest BCUT2D eigenvalue weighted by atomic mass is 10.2. The first-order chi connectivity index (χ1) is 6.74. The van der Waals surface area contributed by atoms with Crippen LogP contribution in [0.25, 0.3) is 0 Å². The molecule has 0 radical (unpaired) electrons. The maximum absolute atomic E-state index is 11.5. The SMILES string of the molecule is CC#CCO[S@](=O)c1ccc(C)cc1. The normalized spacial score (nSPS) is 11.6. The van der Waals surface area contributed by atoms with Crippen molar-refractivity contribution in [2.75, 3.05) is 6.61 Å². The van der Waals surface area contributed by atoms with Gasteiger partial charge in [0, 0.05) is 0 Å². The molecular formula is C11H12O2S. The Balaban J connectivity index is 2.59. The average Bonchev–Trinajstić information content (AvgIpc) is 2.19. The molecule has 0 aliphatic rings. The van der Waals surface area contributed by atoms with Crippen molar-refractivity contribution in [2.24, 2.45) is 0 Å². The van der Waals surface area contributed by atoms with Gasteiger partial charge in [0.25, 0.3) is 0 Å². The summed E-state index contributed by atoms with van der Waals surface area (Å²) >= 11 is -1.40. The van der Waals surface area contributed by atoms with E-state index in [9.17, 15) is 4.21 Å². The highest BCUT2D eigenvalue weighted by Crippen LogP contribution is 2.08. The van der Waals surface area contributed by atoms with E-state index >= 15 is 0 Å². The molecule has 1 rings (SSSR count). The van der Waals surface area contributed by atoms with Gasteiger partial charge in [0.1, 0.15) is 6.61 Å². The predicted octanol–water partition coefficient (Wildman–Crippen LogP) is 2.06. The van der Waals surface area contributed by atoms with Gasteiger partial charge >= 0.3 is 0 Å². The van der Waals surface area contributed by atoms with E-state index in [0.29, 0.717) is 4.90 Å². The fraction of sp³-hybridized carbons (Fsp3) is 0.273. The van der Waals surface area contributed by atoms with Gasteiger partial charge in [-0.3, -0.25) is 4.18 Å². The average molecular weight is 208 g/mol. The van der Waals surface area contributed by atoms with Crippen LogP contribution in [0.4, 0.5) is 0 Å². The fourth-order valence-electron chi connectivity index (χ4n) is 0.873. The Kier molecular flexibility index (Phi) is 4.37. The van der Waals surface area contributed by atoms with Crippen LogP contribution in [0.15, 0.2) is 29.2 Å². The lowest BCUT2D eigenvalue weighted by molar-refractivity contribution is 0.402. The van der Waals surface area contributed by atoms with Crippen molar-refractivity contribution >= 4 is 11.1 Å². The molecule has 1 aromatic carbocycles. The van der Waals surface area contributed by atoms with Crippen LogP contribution in [0.1, 0.15) is 12.5 Å². The van der Waals surface area contributed by atoms with Crippen molar-refractivity contribution < 1.29 is 8.39 Å². The van der Waals surface area contributed by atoms with Crippen molar-refractivity contribution in [3.63, 3.8) is 0 Å². The van der Waals surface area contributed by atoms with E-state index in [1.165, 1.54) is 0 Å². The van der Waals surface area contributed by atoms with Crippen LogP contribution in [-0.4, -0.2) is 10.8 Å². The van der Waals surface area contributed by atoms with Gasteiger partial charge in [-0.2, -0.15) is 0 Å². The Morgan fingerprint density at radius 2 is 2.00 bits per heavy atom. The van der Waals surface area contributed by atoms with Crippen molar-refractivity contribution in [1.29, 1.82) is 0 Å². The maximum Gasteiger partial charge on any atom is 0.190 e. The first kappa shape index (κ1) is 11.0. The number of rotatable bonds is 3. The van der Waals surface area contributed by atoms with E-state index in [0.717, 1.165) is 5.56 Å². The van der Waals surface area contributed by atoms with Crippen molar-refractivity contribution in [1.82, 2.24) is 0 Å². The summed E-state index contributed by atoms with van der Waals surface area (Å²) < 4.78 is 16.5. The molecule has 3 heteroatoms. The molecule has 14 heavy (non-hydrogen) atoms.